The molecule has 1 heterocycles. The molecule has 0 aliphatic carbocycles. The minimum absolute atomic E-state index is 0.292. The Morgan fingerprint density at radius 1 is 1.00 bits per heavy atom. The number of quaternary nitrogens is 1. The van der Waals surface area contributed by atoms with Gasteiger partial charge in [0.1, 0.15) is 18.7 Å². The summed E-state index contributed by atoms with van der Waals surface area (Å²) in [6.45, 7) is 5.73. The lowest BCUT2D eigenvalue weighted by Gasteiger charge is -2.15. The first kappa shape index (κ1) is 16.7. The van der Waals surface area contributed by atoms with E-state index in [1.165, 1.54) is 16.0 Å². The molecule has 124 valence electrons. The van der Waals surface area contributed by atoms with Gasteiger partial charge in [-0.25, -0.2) is 4.79 Å². The van der Waals surface area contributed by atoms with E-state index in [0.29, 0.717) is 5.58 Å². The van der Waals surface area contributed by atoms with Crippen molar-refractivity contribution in [2.24, 2.45) is 0 Å². The molecule has 2 aromatic carbocycles. The van der Waals surface area contributed by atoms with Crippen molar-refractivity contribution < 1.29 is 9.32 Å². The molecule has 1 N–H and O–H groups in total. The van der Waals surface area contributed by atoms with Crippen LogP contribution in [0.4, 0.5) is 0 Å². The van der Waals surface area contributed by atoms with Gasteiger partial charge in [0.15, 0.2) is 0 Å². The van der Waals surface area contributed by atoms with Crippen molar-refractivity contribution in [2.75, 3.05) is 7.05 Å². The number of rotatable bonds is 4. The monoisotopic (exact) mass is 342 g/mol. The standard InChI is InChI=1S/C20H20ClNO2/c1-13-8-18-16(10-20(23)24-19(18)9-14(13)2)12-22(3)11-15-4-6-17(21)7-5-15/h4-10H,11-12H2,1-3H3/p+1. The largest absolute Gasteiger partial charge is 0.423 e. The zero-order chi connectivity index (χ0) is 17.3. The van der Waals surface area contributed by atoms with Crippen LogP contribution in [-0.4, -0.2) is 7.05 Å². The average molecular weight is 343 g/mol. The van der Waals surface area contributed by atoms with Gasteiger partial charge >= 0.3 is 5.63 Å². The van der Waals surface area contributed by atoms with Gasteiger partial charge < -0.3 is 9.32 Å². The van der Waals surface area contributed by atoms with E-state index in [4.69, 9.17) is 16.0 Å². The minimum Gasteiger partial charge on any atom is -0.423 e. The summed E-state index contributed by atoms with van der Waals surface area (Å²) in [6.07, 6.45) is 0. The van der Waals surface area contributed by atoms with Crippen LogP contribution in [0.2, 0.25) is 5.02 Å². The van der Waals surface area contributed by atoms with E-state index >= 15 is 0 Å². The number of hydrogen-bond donors (Lipinski definition) is 1. The zero-order valence-electron chi connectivity index (χ0n) is 14.2. The molecule has 0 amide bonds. The fourth-order valence-electron chi connectivity index (χ4n) is 2.97. The number of hydrogen-bond acceptors (Lipinski definition) is 2. The van der Waals surface area contributed by atoms with E-state index in [0.717, 1.165) is 34.6 Å². The highest BCUT2D eigenvalue weighted by atomic mass is 35.5. The van der Waals surface area contributed by atoms with E-state index in [1.807, 2.05) is 37.3 Å². The molecule has 0 spiro atoms. The van der Waals surface area contributed by atoms with Crippen molar-refractivity contribution in [3.8, 4) is 0 Å². The van der Waals surface area contributed by atoms with Gasteiger partial charge in [-0.2, -0.15) is 0 Å². The lowest BCUT2D eigenvalue weighted by Crippen LogP contribution is -3.06. The number of aryl methyl sites for hydroxylation is 2. The van der Waals surface area contributed by atoms with Crippen molar-refractivity contribution in [1.29, 1.82) is 0 Å². The summed E-state index contributed by atoms with van der Waals surface area (Å²) in [5.41, 5.74) is 4.95. The first-order valence-electron chi connectivity index (χ1n) is 8.02. The summed E-state index contributed by atoms with van der Waals surface area (Å²) in [5, 5.41) is 1.77. The maximum Gasteiger partial charge on any atom is 0.336 e. The number of benzene rings is 2. The van der Waals surface area contributed by atoms with E-state index < -0.39 is 0 Å². The molecule has 0 radical (unpaired) electrons. The van der Waals surface area contributed by atoms with Crippen LogP contribution in [0.1, 0.15) is 22.3 Å². The normalized spacial score (nSPS) is 12.5. The fraction of sp³-hybridized carbons (Fsp3) is 0.250. The van der Waals surface area contributed by atoms with Gasteiger partial charge in [-0.1, -0.05) is 23.7 Å². The molecule has 0 bridgehead atoms. The van der Waals surface area contributed by atoms with Crippen LogP contribution in [0.5, 0.6) is 0 Å². The van der Waals surface area contributed by atoms with Gasteiger partial charge in [0.05, 0.1) is 7.05 Å². The Balaban J connectivity index is 1.90. The third kappa shape index (κ3) is 3.69. The molecule has 0 aliphatic heterocycles. The Morgan fingerprint density at radius 3 is 2.38 bits per heavy atom. The summed E-state index contributed by atoms with van der Waals surface area (Å²) in [5.74, 6) is 0. The van der Waals surface area contributed by atoms with Gasteiger partial charge in [0.25, 0.3) is 0 Å². The van der Waals surface area contributed by atoms with Crippen LogP contribution in [0, 0.1) is 13.8 Å². The second-order valence-corrected chi connectivity index (χ2v) is 6.90. The smallest absolute Gasteiger partial charge is 0.336 e. The lowest BCUT2D eigenvalue weighted by atomic mass is 10.0. The predicted octanol–water partition coefficient (Wildman–Crippen LogP) is 3.28. The van der Waals surface area contributed by atoms with Crippen molar-refractivity contribution >= 4 is 22.6 Å². The molecule has 1 atom stereocenters. The van der Waals surface area contributed by atoms with Crippen molar-refractivity contribution in [1.82, 2.24) is 0 Å². The van der Waals surface area contributed by atoms with Crippen LogP contribution in [0.25, 0.3) is 11.0 Å². The van der Waals surface area contributed by atoms with Crippen LogP contribution >= 0.6 is 11.6 Å². The predicted molar refractivity (Wildman–Crippen MR) is 97.7 cm³/mol. The van der Waals surface area contributed by atoms with Crippen molar-refractivity contribution in [3.05, 3.63) is 80.2 Å². The van der Waals surface area contributed by atoms with Crippen LogP contribution in [-0.2, 0) is 13.1 Å². The highest BCUT2D eigenvalue weighted by Crippen LogP contribution is 2.21. The van der Waals surface area contributed by atoms with Gasteiger partial charge in [-0.3, -0.25) is 0 Å². The summed E-state index contributed by atoms with van der Waals surface area (Å²) in [4.78, 5) is 13.2. The topological polar surface area (TPSA) is 34.6 Å². The molecular weight excluding hydrogens is 322 g/mol. The molecule has 0 aliphatic rings. The summed E-state index contributed by atoms with van der Waals surface area (Å²) in [7, 11) is 2.12. The number of nitrogens with one attached hydrogen (secondary N) is 1. The fourth-order valence-corrected chi connectivity index (χ4v) is 3.09. The van der Waals surface area contributed by atoms with E-state index in [2.05, 4.69) is 20.0 Å². The molecule has 24 heavy (non-hydrogen) atoms. The van der Waals surface area contributed by atoms with Gasteiger partial charge in [0.2, 0.25) is 0 Å². The summed E-state index contributed by atoms with van der Waals surface area (Å²) in [6, 6.07) is 13.6. The van der Waals surface area contributed by atoms with Crippen LogP contribution in [0.3, 0.4) is 0 Å². The molecule has 3 nitrogen and oxygen atoms in total. The second-order valence-electron chi connectivity index (χ2n) is 6.46. The van der Waals surface area contributed by atoms with Gasteiger partial charge in [-0.05, 0) is 49.2 Å². The summed E-state index contributed by atoms with van der Waals surface area (Å²) >= 11 is 5.94. The molecular formula is C20H21ClNO2+. The number of halogens is 1. The third-order valence-electron chi connectivity index (χ3n) is 4.36. The highest BCUT2D eigenvalue weighted by molar-refractivity contribution is 6.30. The molecule has 0 saturated heterocycles. The Morgan fingerprint density at radius 2 is 1.67 bits per heavy atom. The van der Waals surface area contributed by atoms with E-state index in [-0.39, 0.29) is 5.63 Å². The maximum absolute atomic E-state index is 11.9. The SMILES string of the molecule is Cc1cc2oc(=O)cc(C[NH+](C)Cc3ccc(Cl)cc3)c2cc1C. The van der Waals surface area contributed by atoms with E-state index in [1.54, 1.807) is 6.07 Å². The highest BCUT2D eigenvalue weighted by Gasteiger charge is 2.12. The van der Waals surface area contributed by atoms with Gasteiger partial charge in [-0.15, -0.1) is 0 Å². The number of fused-ring (bicyclic) bond motifs is 1. The molecule has 1 aromatic heterocycles. The first-order chi connectivity index (χ1) is 11.4. The molecule has 3 aromatic rings. The second kappa shape index (κ2) is 6.80. The summed E-state index contributed by atoms with van der Waals surface area (Å²) < 4.78 is 5.37. The quantitative estimate of drug-likeness (QED) is 0.738. The van der Waals surface area contributed by atoms with Crippen molar-refractivity contribution in [2.45, 2.75) is 26.9 Å². The molecule has 0 saturated carbocycles. The Kier molecular flexibility index (Phi) is 4.74. The molecule has 3 rings (SSSR count). The van der Waals surface area contributed by atoms with E-state index in [9.17, 15) is 4.79 Å². The van der Waals surface area contributed by atoms with Crippen LogP contribution in [0.15, 0.2) is 51.7 Å². The Hall–Kier alpha value is -2.10. The van der Waals surface area contributed by atoms with Crippen LogP contribution < -0.4 is 10.5 Å². The minimum atomic E-state index is -0.292. The molecule has 0 fully saturated rings. The lowest BCUT2D eigenvalue weighted by molar-refractivity contribution is -0.907. The maximum atomic E-state index is 11.9. The molecule has 1 unspecified atom stereocenters. The van der Waals surface area contributed by atoms with Gasteiger partial charge in [0, 0.05) is 27.6 Å². The van der Waals surface area contributed by atoms with Crippen molar-refractivity contribution in [3.63, 3.8) is 0 Å². The first-order valence-corrected chi connectivity index (χ1v) is 8.40. The zero-order valence-corrected chi connectivity index (χ0v) is 14.9. The third-order valence-corrected chi connectivity index (χ3v) is 4.61. The average Bonchev–Trinajstić information content (AvgIpc) is 2.51. The molecule has 4 heteroatoms. The Labute approximate surface area is 146 Å². The Bertz CT molecular complexity index is 929.